The van der Waals surface area contributed by atoms with Crippen molar-refractivity contribution in [3.05, 3.63) is 36.5 Å². The van der Waals surface area contributed by atoms with Crippen molar-refractivity contribution in [1.82, 2.24) is 0 Å². The quantitative estimate of drug-likeness (QED) is 0.587. The van der Waals surface area contributed by atoms with Crippen LogP contribution in [0.15, 0.2) is 46.9 Å². The van der Waals surface area contributed by atoms with Crippen molar-refractivity contribution in [3.8, 4) is 5.75 Å². The van der Waals surface area contributed by atoms with E-state index in [0.29, 0.717) is 0 Å². The van der Waals surface area contributed by atoms with Gasteiger partial charge in [-0.05, 0) is 31.2 Å². The van der Waals surface area contributed by atoms with Gasteiger partial charge in [0.15, 0.2) is 0 Å². The van der Waals surface area contributed by atoms with E-state index in [0.717, 1.165) is 11.4 Å². The standard InChI is InChI=1S/C10H13N3O/c1-3-8-11-13-12-9-4-6-10(14-2)7-5-9/h3-8H,1-2H3,(H,11,12). The van der Waals surface area contributed by atoms with Gasteiger partial charge in [0.2, 0.25) is 0 Å². The Morgan fingerprint density at radius 1 is 1.29 bits per heavy atom. The molecule has 0 amide bonds. The van der Waals surface area contributed by atoms with Crippen LogP contribution in [0, 0.1) is 0 Å². The van der Waals surface area contributed by atoms with Crippen molar-refractivity contribution in [2.45, 2.75) is 6.92 Å². The van der Waals surface area contributed by atoms with Crippen LogP contribution in [0.4, 0.5) is 5.69 Å². The van der Waals surface area contributed by atoms with Gasteiger partial charge in [0.1, 0.15) is 5.75 Å². The Labute approximate surface area is 83.3 Å². The van der Waals surface area contributed by atoms with E-state index in [4.69, 9.17) is 4.74 Å². The van der Waals surface area contributed by atoms with Crippen LogP contribution >= 0.6 is 0 Å². The number of hydrogen-bond acceptors (Lipinski definition) is 3. The van der Waals surface area contributed by atoms with E-state index in [-0.39, 0.29) is 0 Å². The Hall–Kier alpha value is -1.84. The van der Waals surface area contributed by atoms with Crippen LogP contribution in [-0.4, -0.2) is 7.11 Å². The number of benzene rings is 1. The van der Waals surface area contributed by atoms with Crippen molar-refractivity contribution in [3.63, 3.8) is 0 Å². The van der Waals surface area contributed by atoms with Gasteiger partial charge in [0.05, 0.1) is 12.8 Å². The van der Waals surface area contributed by atoms with Gasteiger partial charge in [0, 0.05) is 6.20 Å². The summed E-state index contributed by atoms with van der Waals surface area (Å²) in [4.78, 5) is 0. The molecule has 1 rings (SSSR count). The number of ether oxygens (including phenoxy) is 1. The highest BCUT2D eigenvalue weighted by molar-refractivity contribution is 5.45. The fraction of sp³-hybridized carbons (Fsp3) is 0.200. The molecule has 0 aromatic heterocycles. The predicted octanol–water partition coefficient (Wildman–Crippen LogP) is 3.01. The largest absolute Gasteiger partial charge is 0.497 e. The molecule has 0 radical (unpaired) electrons. The van der Waals surface area contributed by atoms with Crippen LogP contribution in [0.2, 0.25) is 0 Å². The number of allylic oxidation sites excluding steroid dienone is 1. The smallest absolute Gasteiger partial charge is 0.119 e. The van der Waals surface area contributed by atoms with Crippen molar-refractivity contribution in [1.29, 1.82) is 0 Å². The maximum Gasteiger partial charge on any atom is 0.119 e. The van der Waals surface area contributed by atoms with Crippen molar-refractivity contribution >= 4 is 5.69 Å². The van der Waals surface area contributed by atoms with Crippen LogP contribution in [0.5, 0.6) is 5.75 Å². The molecule has 14 heavy (non-hydrogen) atoms. The summed E-state index contributed by atoms with van der Waals surface area (Å²) < 4.78 is 5.02. The predicted molar refractivity (Wildman–Crippen MR) is 56.3 cm³/mol. The minimum absolute atomic E-state index is 0.820. The minimum atomic E-state index is 0.820. The van der Waals surface area contributed by atoms with Crippen LogP contribution in [-0.2, 0) is 0 Å². The van der Waals surface area contributed by atoms with Crippen LogP contribution in [0.1, 0.15) is 6.92 Å². The first-order valence-corrected chi connectivity index (χ1v) is 4.28. The Balaban J connectivity index is 2.51. The molecular formula is C10H13N3O. The Morgan fingerprint density at radius 3 is 2.57 bits per heavy atom. The van der Waals surface area contributed by atoms with Gasteiger partial charge in [0.25, 0.3) is 0 Å². The molecule has 0 saturated heterocycles. The lowest BCUT2D eigenvalue weighted by molar-refractivity contribution is 0.415. The van der Waals surface area contributed by atoms with Gasteiger partial charge in [-0.15, -0.1) is 5.11 Å². The normalized spacial score (nSPS) is 11.0. The summed E-state index contributed by atoms with van der Waals surface area (Å²) in [5.41, 5.74) is 3.66. The fourth-order valence-electron chi connectivity index (χ4n) is 0.852. The summed E-state index contributed by atoms with van der Waals surface area (Å²) in [6.45, 7) is 1.88. The fourth-order valence-corrected chi connectivity index (χ4v) is 0.852. The third kappa shape index (κ3) is 3.26. The molecule has 0 spiro atoms. The van der Waals surface area contributed by atoms with Crippen LogP contribution in [0.25, 0.3) is 0 Å². The molecule has 1 aromatic carbocycles. The van der Waals surface area contributed by atoms with E-state index in [1.165, 1.54) is 0 Å². The molecule has 0 unspecified atom stereocenters. The maximum absolute atomic E-state index is 5.02. The van der Waals surface area contributed by atoms with E-state index in [1.807, 2.05) is 31.2 Å². The molecule has 0 fully saturated rings. The number of rotatable bonds is 4. The van der Waals surface area contributed by atoms with Gasteiger partial charge < -0.3 is 4.74 Å². The van der Waals surface area contributed by atoms with E-state index < -0.39 is 0 Å². The van der Waals surface area contributed by atoms with Crippen molar-refractivity contribution in [2.75, 3.05) is 12.5 Å². The van der Waals surface area contributed by atoms with E-state index in [2.05, 4.69) is 15.8 Å². The second-order valence-electron chi connectivity index (χ2n) is 2.54. The van der Waals surface area contributed by atoms with E-state index >= 15 is 0 Å². The van der Waals surface area contributed by atoms with Crippen LogP contribution < -0.4 is 10.2 Å². The number of hydrogen-bond donors (Lipinski definition) is 1. The molecule has 0 aliphatic rings. The average molecular weight is 191 g/mol. The Kier molecular flexibility index (Phi) is 4.20. The second-order valence-corrected chi connectivity index (χ2v) is 2.54. The first-order chi connectivity index (χ1) is 6.86. The summed E-state index contributed by atoms with van der Waals surface area (Å²) in [7, 11) is 1.63. The Morgan fingerprint density at radius 2 is 2.00 bits per heavy atom. The molecule has 0 atom stereocenters. The number of nitrogens with zero attached hydrogens (tertiary/aromatic N) is 2. The highest BCUT2D eigenvalue weighted by Gasteiger charge is 1.90. The minimum Gasteiger partial charge on any atom is -0.497 e. The van der Waals surface area contributed by atoms with Gasteiger partial charge in [-0.2, -0.15) is 0 Å². The lowest BCUT2D eigenvalue weighted by Crippen LogP contribution is -1.87. The third-order valence-electron chi connectivity index (χ3n) is 1.54. The maximum atomic E-state index is 5.02. The lowest BCUT2D eigenvalue weighted by Gasteiger charge is -2.00. The topological polar surface area (TPSA) is 46.0 Å². The molecule has 0 aliphatic heterocycles. The zero-order chi connectivity index (χ0) is 10.2. The molecule has 1 N–H and O–H groups in total. The molecule has 4 heteroatoms. The first kappa shape index (κ1) is 10.2. The molecule has 0 saturated carbocycles. The van der Waals surface area contributed by atoms with Crippen LogP contribution in [0.3, 0.4) is 0 Å². The first-order valence-electron chi connectivity index (χ1n) is 4.28. The number of anilines is 1. The monoisotopic (exact) mass is 191 g/mol. The van der Waals surface area contributed by atoms with Gasteiger partial charge in [-0.1, -0.05) is 11.3 Å². The Bertz CT molecular complexity index is 317. The van der Waals surface area contributed by atoms with E-state index in [1.54, 1.807) is 19.4 Å². The van der Waals surface area contributed by atoms with Gasteiger partial charge >= 0.3 is 0 Å². The van der Waals surface area contributed by atoms with Gasteiger partial charge in [-0.25, -0.2) is 0 Å². The summed E-state index contributed by atoms with van der Waals surface area (Å²) in [5, 5.41) is 7.46. The summed E-state index contributed by atoms with van der Waals surface area (Å²) in [6.07, 6.45) is 3.41. The number of methoxy groups -OCH3 is 1. The number of nitrogens with one attached hydrogen (secondary N) is 1. The summed E-state index contributed by atoms with van der Waals surface area (Å²) in [5.74, 6) is 0.820. The third-order valence-corrected chi connectivity index (χ3v) is 1.54. The zero-order valence-electron chi connectivity index (χ0n) is 8.27. The summed E-state index contributed by atoms with van der Waals surface area (Å²) in [6, 6.07) is 7.45. The molecule has 74 valence electrons. The lowest BCUT2D eigenvalue weighted by atomic mass is 10.3. The summed E-state index contributed by atoms with van der Waals surface area (Å²) >= 11 is 0. The van der Waals surface area contributed by atoms with Crippen molar-refractivity contribution in [2.24, 2.45) is 10.3 Å². The molecule has 0 aliphatic carbocycles. The average Bonchev–Trinajstić information content (AvgIpc) is 2.25. The van der Waals surface area contributed by atoms with Gasteiger partial charge in [-0.3, -0.25) is 5.43 Å². The highest BCUT2D eigenvalue weighted by Crippen LogP contribution is 2.14. The molecule has 1 aromatic rings. The SMILES string of the molecule is CC=CN=NNc1ccc(OC)cc1. The van der Waals surface area contributed by atoms with Crippen molar-refractivity contribution < 1.29 is 4.74 Å². The zero-order valence-corrected chi connectivity index (χ0v) is 8.27. The molecule has 0 heterocycles. The molecular weight excluding hydrogens is 178 g/mol. The highest BCUT2D eigenvalue weighted by atomic mass is 16.5. The van der Waals surface area contributed by atoms with E-state index in [9.17, 15) is 0 Å². The second kappa shape index (κ2) is 5.75. The molecule has 4 nitrogen and oxygen atoms in total. The molecule has 0 bridgehead atoms.